The van der Waals surface area contributed by atoms with Crippen LogP contribution in [0.3, 0.4) is 0 Å². The van der Waals surface area contributed by atoms with Gasteiger partial charge in [-0.15, -0.1) is 0 Å². The first-order valence-corrected chi connectivity index (χ1v) is 3.75. The molecule has 0 radical (unpaired) electrons. The number of hydrogen-bond donors (Lipinski definition) is 1. The van der Waals surface area contributed by atoms with Crippen LogP contribution in [0, 0.1) is 0 Å². The smallest absolute Gasteiger partial charge is 0.0920 e. The molecule has 1 heteroatoms. The number of aliphatic hydroxyl groups is 1. The van der Waals surface area contributed by atoms with E-state index in [9.17, 15) is 0 Å². The van der Waals surface area contributed by atoms with Gasteiger partial charge in [-0.3, -0.25) is 0 Å². The first-order valence-electron chi connectivity index (χ1n) is 3.75. The van der Waals surface area contributed by atoms with Gasteiger partial charge in [-0.05, 0) is 33.3 Å². The third-order valence-corrected chi connectivity index (χ3v) is 1.44. The van der Waals surface area contributed by atoms with E-state index in [2.05, 4.69) is 0 Å². The second kappa shape index (κ2) is 4.78. The molecule has 0 atom stereocenters. The van der Waals surface area contributed by atoms with E-state index < -0.39 is 0 Å². The molecule has 0 aliphatic rings. The predicted molar refractivity (Wildman–Crippen MR) is 49.6 cm³/mol. The molecule has 62 valence electrons. The summed E-state index contributed by atoms with van der Waals surface area (Å²) in [6, 6.07) is 0. The van der Waals surface area contributed by atoms with Crippen molar-refractivity contribution in [2.45, 2.75) is 27.7 Å². The van der Waals surface area contributed by atoms with Crippen LogP contribution in [-0.2, 0) is 0 Å². The normalized spacial score (nSPS) is 15.5. The molecule has 0 aliphatic carbocycles. The number of hydrogen-bond acceptors (Lipinski definition) is 1. The van der Waals surface area contributed by atoms with Crippen molar-refractivity contribution in [3.05, 3.63) is 35.1 Å². The summed E-state index contributed by atoms with van der Waals surface area (Å²) in [5, 5.41) is 9.05. The van der Waals surface area contributed by atoms with Crippen LogP contribution < -0.4 is 0 Å². The van der Waals surface area contributed by atoms with Gasteiger partial charge in [0.05, 0.1) is 5.76 Å². The van der Waals surface area contributed by atoms with Gasteiger partial charge in [0.15, 0.2) is 0 Å². The van der Waals surface area contributed by atoms with Crippen LogP contribution >= 0.6 is 0 Å². The Labute approximate surface area is 68.7 Å². The number of allylic oxidation sites excluding steroid dienone is 6. The van der Waals surface area contributed by atoms with Crippen molar-refractivity contribution in [2.75, 3.05) is 0 Å². The van der Waals surface area contributed by atoms with Gasteiger partial charge in [0, 0.05) is 0 Å². The zero-order valence-corrected chi connectivity index (χ0v) is 7.68. The van der Waals surface area contributed by atoms with Gasteiger partial charge in [0.2, 0.25) is 0 Å². The predicted octanol–water partition coefficient (Wildman–Crippen LogP) is 3.36. The third-order valence-electron chi connectivity index (χ3n) is 1.44. The molecule has 0 rings (SSSR count). The molecule has 0 aliphatic heterocycles. The van der Waals surface area contributed by atoms with Crippen LogP contribution in [0.15, 0.2) is 35.1 Å². The Kier molecular flexibility index (Phi) is 4.35. The molecule has 0 aromatic heterocycles. The van der Waals surface area contributed by atoms with Crippen molar-refractivity contribution < 1.29 is 5.11 Å². The van der Waals surface area contributed by atoms with E-state index in [0.717, 1.165) is 11.1 Å². The summed E-state index contributed by atoms with van der Waals surface area (Å²) >= 11 is 0. The van der Waals surface area contributed by atoms with Crippen molar-refractivity contribution in [3.8, 4) is 0 Å². The van der Waals surface area contributed by atoms with E-state index in [-0.39, 0.29) is 0 Å². The van der Waals surface area contributed by atoms with Crippen molar-refractivity contribution in [2.24, 2.45) is 0 Å². The zero-order valence-electron chi connectivity index (χ0n) is 7.68. The van der Waals surface area contributed by atoms with Crippen LogP contribution in [0.25, 0.3) is 0 Å². The highest BCUT2D eigenvalue weighted by Gasteiger charge is 1.88. The average molecular weight is 152 g/mol. The minimum absolute atomic E-state index is 0.383. The largest absolute Gasteiger partial charge is 0.512 e. The summed E-state index contributed by atoms with van der Waals surface area (Å²) in [4.78, 5) is 0. The van der Waals surface area contributed by atoms with Crippen LogP contribution in [0.2, 0.25) is 0 Å². The summed E-state index contributed by atoms with van der Waals surface area (Å²) in [6.07, 6.45) is 5.94. The molecule has 0 bridgehead atoms. The quantitative estimate of drug-likeness (QED) is 0.475. The number of rotatable bonds is 2. The van der Waals surface area contributed by atoms with Gasteiger partial charge in [-0.25, -0.2) is 0 Å². The first kappa shape index (κ1) is 10.0. The Hall–Kier alpha value is -0.980. The molecule has 0 fully saturated rings. The highest BCUT2D eigenvalue weighted by atomic mass is 16.3. The standard InChI is InChI=1S/C10H16O/c1-5-6-8(2)7-9(3)10(4)11/h5-7,11H,1-4H3/b6-5+,8-7-,10-9+. The summed E-state index contributed by atoms with van der Waals surface area (Å²) in [5.41, 5.74) is 2.07. The van der Waals surface area contributed by atoms with Gasteiger partial charge < -0.3 is 5.11 Å². The molecule has 1 nitrogen and oxygen atoms in total. The fourth-order valence-electron chi connectivity index (χ4n) is 0.757. The van der Waals surface area contributed by atoms with Crippen molar-refractivity contribution in [1.29, 1.82) is 0 Å². The van der Waals surface area contributed by atoms with E-state index >= 15 is 0 Å². The van der Waals surface area contributed by atoms with E-state index in [1.165, 1.54) is 0 Å². The summed E-state index contributed by atoms with van der Waals surface area (Å²) in [7, 11) is 0. The van der Waals surface area contributed by atoms with Crippen LogP contribution in [0.4, 0.5) is 0 Å². The monoisotopic (exact) mass is 152 g/mol. The lowest BCUT2D eigenvalue weighted by Crippen LogP contribution is -1.79. The molecular formula is C10H16O. The molecule has 0 unspecified atom stereocenters. The SMILES string of the molecule is C/C=C/C(C)=C\C(C)=C(/C)O. The second-order valence-corrected chi connectivity index (χ2v) is 2.66. The van der Waals surface area contributed by atoms with Crippen LogP contribution in [0.1, 0.15) is 27.7 Å². The molecule has 0 aromatic carbocycles. The van der Waals surface area contributed by atoms with Gasteiger partial charge in [-0.1, -0.05) is 23.8 Å². The first-order chi connectivity index (χ1) is 5.07. The second-order valence-electron chi connectivity index (χ2n) is 2.66. The third kappa shape index (κ3) is 4.43. The zero-order chi connectivity index (χ0) is 8.85. The molecule has 11 heavy (non-hydrogen) atoms. The van der Waals surface area contributed by atoms with Gasteiger partial charge in [0.25, 0.3) is 0 Å². The molecule has 0 saturated heterocycles. The maximum Gasteiger partial charge on any atom is 0.0920 e. The lowest BCUT2D eigenvalue weighted by molar-refractivity contribution is 0.409. The minimum atomic E-state index is 0.383. The fraction of sp³-hybridized carbons (Fsp3) is 0.400. The summed E-state index contributed by atoms with van der Waals surface area (Å²) < 4.78 is 0. The highest BCUT2D eigenvalue weighted by molar-refractivity contribution is 5.28. The molecule has 0 amide bonds. The lowest BCUT2D eigenvalue weighted by Gasteiger charge is -1.95. The minimum Gasteiger partial charge on any atom is -0.512 e. The molecular weight excluding hydrogens is 136 g/mol. The topological polar surface area (TPSA) is 20.2 Å². The molecule has 0 heterocycles. The molecule has 0 aromatic rings. The maximum absolute atomic E-state index is 9.05. The van der Waals surface area contributed by atoms with Gasteiger partial charge in [0.1, 0.15) is 0 Å². The Bertz CT molecular complexity index is 203. The molecule has 1 N–H and O–H groups in total. The summed E-state index contributed by atoms with van der Waals surface area (Å²) in [5.74, 6) is 0.383. The van der Waals surface area contributed by atoms with E-state index in [1.54, 1.807) is 6.92 Å². The van der Waals surface area contributed by atoms with Crippen molar-refractivity contribution >= 4 is 0 Å². The van der Waals surface area contributed by atoms with Crippen molar-refractivity contribution in [3.63, 3.8) is 0 Å². The average Bonchev–Trinajstić information content (AvgIpc) is 1.87. The lowest BCUT2D eigenvalue weighted by atomic mass is 10.1. The number of aliphatic hydroxyl groups excluding tert-OH is 1. The molecule has 0 saturated carbocycles. The Morgan fingerprint density at radius 2 is 1.73 bits per heavy atom. The Morgan fingerprint density at radius 1 is 1.18 bits per heavy atom. The fourth-order valence-corrected chi connectivity index (χ4v) is 0.757. The maximum atomic E-state index is 9.05. The highest BCUT2D eigenvalue weighted by Crippen LogP contribution is 2.05. The van der Waals surface area contributed by atoms with Crippen molar-refractivity contribution in [1.82, 2.24) is 0 Å². The summed E-state index contributed by atoms with van der Waals surface area (Å²) in [6.45, 7) is 7.56. The Balaban J connectivity index is 4.44. The molecule has 0 spiro atoms. The van der Waals surface area contributed by atoms with Crippen LogP contribution in [-0.4, -0.2) is 5.11 Å². The van der Waals surface area contributed by atoms with E-state index in [1.807, 2.05) is 39.0 Å². The van der Waals surface area contributed by atoms with Gasteiger partial charge >= 0.3 is 0 Å². The van der Waals surface area contributed by atoms with Crippen LogP contribution in [0.5, 0.6) is 0 Å². The Morgan fingerprint density at radius 3 is 2.09 bits per heavy atom. The van der Waals surface area contributed by atoms with Gasteiger partial charge in [-0.2, -0.15) is 0 Å². The van der Waals surface area contributed by atoms with E-state index in [4.69, 9.17) is 5.11 Å². The van der Waals surface area contributed by atoms with E-state index in [0.29, 0.717) is 5.76 Å².